The molecule has 2 aromatic rings. The Kier molecular flexibility index (Phi) is 5.95. The van der Waals surface area contributed by atoms with Crippen LogP contribution in [0.5, 0.6) is 0 Å². The van der Waals surface area contributed by atoms with Crippen LogP contribution in [0.2, 0.25) is 0 Å². The third-order valence-corrected chi connectivity index (χ3v) is 7.65. The lowest BCUT2D eigenvalue weighted by atomic mass is 10.0. The summed E-state index contributed by atoms with van der Waals surface area (Å²) in [5.74, 6) is -0.253. The van der Waals surface area contributed by atoms with Gasteiger partial charge in [-0.05, 0) is 23.6 Å². The summed E-state index contributed by atoms with van der Waals surface area (Å²) in [6, 6.07) is 6.06. The van der Waals surface area contributed by atoms with E-state index in [9.17, 15) is 23.1 Å². The van der Waals surface area contributed by atoms with E-state index >= 15 is 0 Å². The quantitative estimate of drug-likeness (QED) is 0.717. The Morgan fingerprint density at radius 2 is 1.97 bits per heavy atom. The molecule has 0 fully saturated rings. The normalized spacial score (nSPS) is 16.1. The lowest BCUT2D eigenvalue weighted by molar-refractivity contribution is 0.0949. The summed E-state index contributed by atoms with van der Waals surface area (Å²) in [5.41, 5.74) is 1.43. The van der Waals surface area contributed by atoms with Crippen molar-refractivity contribution < 1.29 is 23.1 Å². The molecule has 1 aliphatic heterocycles. The number of carbonyl (C=O) groups is 2. The molecule has 2 heterocycles. The molecular weight excluding hydrogens is 414 g/mol. The predicted octanol–water partition coefficient (Wildman–Crippen LogP) is 3.06. The van der Waals surface area contributed by atoms with Gasteiger partial charge in [0.1, 0.15) is 0 Å². The zero-order valence-electron chi connectivity index (χ0n) is 16.4. The van der Waals surface area contributed by atoms with Gasteiger partial charge < -0.3 is 10.4 Å². The van der Waals surface area contributed by atoms with E-state index in [0.29, 0.717) is 10.7 Å². The van der Waals surface area contributed by atoms with Crippen LogP contribution in [-0.2, 0) is 22.9 Å². The summed E-state index contributed by atoms with van der Waals surface area (Å²) in [4.78, 5) is 30.8. The second-order valence-corrected chi connectivity index (χ2v) is 10.5. The largest absolute Gasteiger partial charge is 0.465 e. The standard InChI is InChI=1S/C19H23N3O5S2/c1-4-29(26,27)13-7-5-12(6-8-13)9-20-17(23)18-21-15-14(28-18)10-22(19(24)25)16(15)11(2)3/h5-8,11,16H,4,9-10H2,1-3H3,(H,20,23)(H,24,25)/t16-/m0/s1. The number of carboxylic acid groups (broad SMARTS) is 1. The highest BCUT2D eigenvalue weighted by Gasteiger charge is 2.39. The molecule has 0 aliphatic carbocycles. The molecule has 2 N–H and O–H groups in total. The van der Waals surface area contributed by atoms with E-state index in [1.807, 2.05) is 13.8 Å². The van der Waals surface area contributed by atoms with Gasteiger partial charge in [0.15, 0.2) is 14.8 Å². The highest BCUT2D eigenvalue weighted by atomic mass is 32.2. The van der Waals surface area contributed by atoms with Crippen molar-refractivity contribution >= 4 is 33.2 Å². The summed E-state index contributed by atoms with van der Waals surface area (Å²) in [7, 11) is -3.25. The van der Waals surface area contributed by atoms with Crippen molar-refractivity contribution in [1.29, 1.82) is 0 Å². The number of fused-ring (bicyclic) bond motifs is 1. The molecular formula is C19H23N3O5S2. The minimum Gasteiger partial charge on any atom is -0.465 e. The first-order valence-corrected chi connectivity index (χ1v) is 11.7. The predicted molar refractivity (Wildman–Crippen MR) is 109 cm³/mol. The van der Waals surface area contributed by atoms with Crippen molar-refractivity contribution in [2.75, 3.05) is 5.75 Å². The van der Waals surface area contributed by atoms with Crippen molar-refractivity contribution in [3.05, 3.63) is 45.4 Å². The Bertz CT molecular complexity index is 1030. The molecule has 0 saturated carbocycles. The minimum atomic E-state index is -3.25. The molecule has 1 aromatic carbocycles. The molecule has 0 radical (unpaired) electrons. The molecule has 10 heteroatoms. The van der Waals surface area contributed by atoms with E-state index in [2.05, 4.69) is 10.3 Å². The number of hydrogen-bond donors (Lipinski definition) is 2. The number of nitrogens with one attached hydrogen (secondary N) is 1. The Balaban J connectivity index is 1.68. The third-order valence-electron chi connectivity index (χ3n) is 4.84. The first-order chi connectivity index (χ1) is 13.6. The lowest BCUT2D eigenvalue weighted by Gasteiger charge is -2.24. The molecule has 1 atom stereocenters. The molecule has 0 unspecified atom stereocenters. The lowest BCUT2D eigenvalue weighted by Crippen LogP contribution is -2.31. The smallest absolute Gasteiger partial charge is 0.408 e. The second kappa shape index (κ2) is 8.11. The van der Waals surface area contributed by atoms with Gasteiger partial charge in [-0.3, -0.25) is 9.69 Å². The van der Waals surface area contributed by atoms with Crippen molar-refractivity contribution in [1.82, 2.24) is 15.2 Å². The number of benzene rings is 1. The SMILES string of the molecule is CCS(=O)(=O)c1ccc(CNC(=O)c2nc3c(s2)CN(C(=O)O)[C@H]3C(C)C)cc1. The molecule has 0 spiro atoms. The van der Waals surface area contributed by atoms with Gasteiger partial charge >= 0.3 is 6.09 Å². The molecule has 8 nitrogen and oxygen atoms in total. The van der Waals surface area contributed by atoms with Gasteiger partial charge in [-0.15, -0.1) is 11.3 Å². The van der Waals surface area contributed by atoms with Gasteiger partial charge in [0.25, 0.3) is 5.91 Å². The van der Waals surface area contributed by atoms with Crippen LogP contribution >= 0.6 is 11.3 Å². The van der Waals surface area contributed by atoms with E-state index in [0.717, 1.165) is 10.4 Å². The molecule has 1 aromatic heterocycles. The van der Waals surface area contributed by atoms with E-state index in [1.165, 1.54) is 28.4 Å². The number of hydrogen-bond acceptors (Lipinski definition) is 6. The zero-order valence-corrected chi connectivity index (χ0v) is 18.0. The fourth-order valence-electron chi connectivity index (χ4n) is 3.31. The number of amides is 2. The molecule has 0 bridgehead atoms. The van der Waals surface area contributed by atoms with Gasteiger partial charge in [0.2, 0.25) is 0 Å². The summed E-state index contributed by atoms with van der Waals surface area (Å²) in [6.45, 7) is 5.93. The van der Waals surface area contributed by atoms with Crippen LogP contribution in [0.15, 0.2) is 29.2 Å². The summed E-state index contributed by atoms with van der Waals surface area (Å²) in [6.07, 6.45) is -0.992. The fraction of sp³-hybridized carbons (Fsp3) is 0.421. The maximum Gasteiger partial charge on any atom is 0.408 e. The van der Waals surface area contributed by atoms with Crippen molar-refractivity contribution in [2.24, 2.45) is 5.92 Å². The zero-order chi connectivity index (χ0) is 21.3. The van der Waals surface area contributed by atoms with Crippen LogP contribution in [0.1, 0.15) is 52.7 Å². The van der Waals surface area contributed by atoms with E-state index in [4.69, 9.17) is 0 Å². The molecule has 0 saturated heterocycles. The topological polar surface area (TPSA) is 117 Å². The number of aromatic nitrogens is 1. The van der Waals surface area contributed by atoms with Crippen molar-refractivity contribution in [3.8, 4) is 0 Å². The van der Waals surface area contributed by atoms with Crippen LogP contribution in [0.3, 0.4) is 0 Å². The van der Waals surface area contributed by atoms with E-state index in [1.54, 1.807) is 19.1 Å². The van der Waals surface area contributed by atoms with Crippen molar-refractivity contribution in [2.45, 2.75) is 44.8 Å². The van der Waals surface area contributed by atoms with Gasteiger partial charge in [-0.2, -0.15) is 0 Å². The monoisotopic (exact) mass is 437 g/mol. The number of nitrogens with zero attached hydrogens (tertiary/aromatic N) is 2. The van der Waals surface area contributed by atoms with Crippen molar-refractivity contribution in [3.63, 3.8) is 0 Å². The van der Waals surface area contributed by atoms with Gasteiger partial charge in [-0.1, -0.05) is 32.9 Å². The molecule has 1 aliphatic rings. The average Bonchev–Trinajstić information content (AvgIpc) is 3.24. The Morgan fingerprint density at radius 3 is 2.52 bits per heavy atom. The third kappa shape index (κ3) is 4.27. The Morgan fingerprint density at radius 1 is 1.31 bits per heavy atom. The number of carbonyl (C=O) groups excluding carboxylic acids is 1. The van der Waals surface area contributed by atoms with Crippen LogP contribution in [0, 0.1) is 5.92 Å². The fourth-order valence-corrected chi connectivity index (χ4v) is 5.21. The summed E-state index contributed by atoms with van der Waals surface area (Å²) < 4.78 is 23.7. The average molecular weight is 438 g/mol. The number of rotatable bonds is 6. The van der Waals surface area contributed by atoms with E-state index in [-0.39, 0.29) is 41.6 Å². The first-order valence-electron chi connectivity index (χ1n) is 9.23. The Labute approximate surface area is 173 Å². The second-order valence-electron chi connectivity index (χ2n) is 7.16. The van der Waals surface area contributed by atoms with Crippen LogP contribution in [0.25, 0.3) is 0 Å². The molecule has 156 valence electrons. The highest BCUT2D eigenvalue weighted by Crippen LogP contribution is 2.40. The highest BCUT2D eigenvalue weighted by molar-refractivity contribution is 7.91. The number of sulfone groups is 1. The van der Waals surface area contributed by atoms with Crippen LogP contribution in [-0.4, -0.2) is 41.2 Å². The first kappa shape index (κ1) is 21.3. The molecule has 2 amide bonds. The molecule has 29 heavy (non-hydrogen) atoms. The van der Waals surface area contributed by atoms with Crippen LogP contribution in [0.4, 0.5) is 4.79 Å². The van der Waals surface area contributed by atoms with Gasteiger partial charge in [-0.25, -0.2) is 18.2 Å². The maximum absolute atomic E-state index is 12.5. The van der Waals surface area contributed by atoms with Crippen LogP contribution < -0.4 is 5.32 Å². The molecule has 3 rings (SSSR count). The summed E-state index contributed by atoms with van der Waals surface area (Å²) in [5, 5.41) is 12.5. The number of thiazole rings is 1. The van der Waals surface area contributed by atoms with Gasteiger partial charge in [0, 0.05) is 6.54 Å². The maximum atomic E-state index is 12.5. The summed E-state index contributed by atoms with van der Waals surface area (Å²) >= 11 is 1.21. The minimum absolute atomic E-state index is 0.0362. The van der Waals surface area contributed by atoms with Gasteiger partial charge in [0.05, 0.1) is 33.8 Å². The Hall–Kier alpha value is -2.46. The van der Waals surface area contributed by atoms with E-state index < -0.39 is 15.9 Å².